The van der Waals surface area contributed by atoms with Crippen LogP contribution in [-0.2, 0) is 13.6 Å². The third-order valence-electron chi connectivity index (χ3n) is 1.68. The summed E-state index contributed by atoms with van der Waals surface area (Å²) >= 11 is 0. The number of guanidine groups is 1. The van der Waals surface area contributed by atoms with Crippen LogP contribution in [0.3, 0.4) is 0 Å². The van der Waals surface area contributed by atoms with Crippen molar-refractivity contribution in [2.75, 3.05) is 0 Å². The topological polar surface area (TPSA) is 68.2 Å². The molecule has 1 aromatic heterocycles. The zero-order valence-corrected chi connectivity index (χ0v) is 9.78. The van der Waals surface area contributed by atoms with E-state index in [4.69, 9.17) is 5.73 Å². The summed E-state index contributed by atoms with van der Waals surface area (Å²) in [5.41, 5.74) is 6.57. The van der Waals surface area contributed by atoms with E-state index in [1.807, 2.05) is 40.1 Å². The quantitative estimate of drug-likeness (QED) is 0.554. The van der Waals surface area contributed by atoms with Gasteiger partial charge in [-0.1, -0.05) is 0 Å². The molecule has 5 nitrogen and oxygen atoms in total. The molecule has 15 heavy (non-hydrogen) atoms. The third kappa shape index (κ3) is 4.49. The predicted octanol–water partition coefficient (Wildman–Crippen LogP) is 0.623. The van der Waals surface area contributed by atoms with Crippen molar-refractivity contribution in [1.82, 2.24) is 15.1 Å². The number of hydrogen-bond acceptors (Lipinski definition) is 2. The van der Waals surface area contributed by atoms with Crippen LogP contribution in [0, 0.1) is 0 Å². The molecule has 0 saturated carbocycles. The van der Waals surface area contributed by atoms with Crippen LogP contribution in [0.2, 0.25) is 0 Å². The first-order chi connectivity index (χ1) is 6.87. The van der Waals surface area contributed by atoms with E-state index in [9.17, 15) is 0 Å². The van der Waals surface area contributed by atoms with Gasteiger partial charge in [0.2, 0.25) is 0 Å². The number of rotatable bonds is 2. The predicted molar refractivity (Wildman–Crippen MR) is 61.4 cm³/mol. The van der Waals surface area contributed by atoms with E-state index < -0.39 is 0 Å². The minimum Gasteiger partial charge on any atom is -0.370 e. The summed E-state index contributed by atoms with van der Waals surface area (Å²) in [5.74, 6) is 0.452. The van der Waals surface area contributed by atoms with E-state index in [1.165, 1.54) is 0 Å². The van der Waals surface area contributed by atoms with Crippen LogP contribution < -0.4 is 11.1 Å². The van der Waals surface area contributed by atoms with Crippen LogP contribution in [0.15, 0.2) is 17.3 Å². The van der Waals surface area contributed by atoms with Crippen molar-refractivity contribution in [3.8, 4) is 0 Å². The van der Waals surface area contributed by atoms with Gasteiger partial charge in [-0.3, -0.25) is 4.68 Å². The molecule has 84 valence electrons. The van der Waals surface area contributed by atoms with Gasteiger partial charge in [0.05, 0.1) is 12.2 Å². The number of aryl methyl sites for hydroxylation is 1. The molecule has 0 aliphatic rings. The Labute approximate surface area is 90.4 Å². The molecule has 0 fully saturated rings. The molecule has 1 aromatic rings. The molecule has 0 bridgehead atoms. The number of nitrogens with one attached hydrogen (secondary N) is 1. The van der Waals surface area contributed by atoms with Crippen LogP contribution in [0.4, 0.5) is 0 Å². The molecule has 3 N–H and O–H groups in total. The van der Waals surface area contributed by atoms with Gasteiger partial charge in [0.25, 0.3) is 0 Å². The molecule has 1 heterocycles. The first-order valence-electron chi connectivity index (χ1n) is 4.93. The summed E-state index contributed by atoms with van der Waals surface area (Å²) in [6.45, 7) is 6.62. The standard InChI is InChI=1S/C10H19N5/c1-10(2,3)13-9(11)12-7-8-5-6-15(4)14-8/h5-6H,7H2,1-4H3,(H3,11,12,13). The minimum atomic E-state index is -0.0578. The molecule has 0 aliphatic heterocycles. The SMILES string of the molecule is Cn1ccc(CN=C(N)NC(C)(C)C)n1. The minimum absolute atomic E-state index is 0.0578. The maximum atomic E-state index is 5.72. The van der Waals surface area contributed by atoms with Crippen LogP contribution in [0.1, 0.15) is 26.5 Å². The summed E-state index contributed by atoms with van der Waals surface area (Å²) in [4.78, 5) is 4.20. The number of hydrogen-bond donors (Lipinski definition) is 2. The molecule has 0 unspecified atom stereocenters. The summed E-state index contributed by atoms with van der Waals surface area (Å²) in [5, 5.41) is 7.29. The van der Waals surface area contributed by atoms with Crippen LogP contribution in [-0.4, -0.2) is 21.3 Å². The highest BCUT2D eigenvalue weighted by atomic mass is 15.3. The van der Waals surface area contributed by atoms with Gasteiger partial charge in [-0.2, -0.15) is 5.10 Å². The largest absolute Gasteiger partial charge is 0.370 e. The molecule has 0 spiro atoms. The van der Waals surface area contributed by atoms with E-state index >= 15 is 0 Å². The normalized spacial score (nSPS) is 12.9. The highest BCUT2D eigenvalue weighted by molar-refractivity contribution is 5.78. The van der Waals surface area contributed by atoms with Crippen molar-refractivity contribution in [3.63, 3.8) is 0 Å². The van der Waals surface area contributed by atoms with Crippen molar-refractivity contribution in [2.45, 2.75) is 32.9 Å². The Morgan fingerprint density at radius 1 is 1.60 bits per heavy atom. The number of nitrogens with zero attached hydrogens (tertiary/aromatic N) is 3. The van der Waals surface area contributed by atoms with Gasteiger partial charge in [-0.25, -0.2) is 4.99 Å². The average molecular weight is 209 g/mol. The molecule has 0 amide bonds. The number of aromatic nitrogens is 2. The van der Waals surface area contributed by atoms with Gasteiger partial charge in [0.1, 0.15) is 0 Å². The van der Waals surface area contributed by atoms with Gasteiger partial charge in [0.15, 0.2) is 5.96 Å². The lowest BCUT2D eigenvalue weighted by Gasteiger charge is -2.20. The van der Waals surface area contributed by atoms with Gasteiger partial charge >= 0.3 is 0 Å². The van der Waals surface area contributed by atoms with Gasteiger partial charge in [-0.05, 0) is 26.8 Å². The lowest BCUT2D eigenvalue weighted by Crippen LogP contribution is -2.44. The van der Waals surface area contributed by atoms with Gasteiger partial charge < -0.3 is 11.1 Å². The zero-order valence-electron chi connectivity index (χ0n) is 9.78. The van der Waals surface area contributed by atoms with Crippen molar-refractivity contribution < 1.29 is 0 Å². The highest BCUT2D eigenvalue weighted by Crippen LogP contribution is 1.99. The molecule has 0 aromatic carbocycles. The van der Waals surface area contributed by atoms with Crippen molar-refractivity contribution in [3.05, 3.63) is 18.0 Å². The fraction of sp³-hybridized carbons (Fsp3) is 0.600. The maximum Gasteiger partial charge on any atom is 0.189 e. The van der Waals surface area contributed by atoms with E-state index in [0.717, 1.165) is 5.69 Å². The molecule has 0 radical (unpaired) electrons. The number of nitrogens with two attached hydrogens (primary N) is 1. The smallest absolute Gasteiger partial charge is 0.189 e. The molecule has 0 aliphatic carbocycles. The summed E-state index contributed by atoms with van der Waals surface area (Å²) in [6.07, 6.45) is 1.89. The van der Waals surface area contributed by atoms with E-state index in [-0.39, 0.29) is 5.54 Å². The Balaban J connectivity index is 2.51. The van der Waals surface area contributed by atoms with Crippen molar-refractivity contribution in [1.29, 1.82) is 0 Å². The van der Waals surface area contributed by atoms with Crippen LogP contribution >= 0.6 is 0 Å². The van der Waals surface area contributed by atoms with Crippen LogP contribution in [0.25, 0.3) is 0 Å². The van der Waals surface area contributed by atoms with Crippen molar-refractivity contribution >= 4 is 5.96 Å². The Morgan fingerprint density at radius 3 is 2.73 bits per heavy atom. The molecule has 1 rings (SSSR count). The Kier molecular flexibility index (Phi) is 3.34. The summed E-state index contributed by atoms with van der Waals surface area (Å²) < 4.78 is 1.75. The average Bonchev–Trinajstić information content (AvgIpc) is 2.45. The molecule has 0 atom stereocenters. The second kappa shape index (κ2) is 4.33. The highest BCUT2D eigenvalue weighted by Gasteiger charge is 2.09. The fourth-order valence-corrected chi connectivity index (χ4v) is 1.14. The van der Waals surface area contributed by atoms with E-state index in [1.54, 1.807) is 4.68 Å². The Morgan fingerprint density at radius 2 is 2.27 bits per heavy atom. The Hall–Kier alpha value is -1.52. The Bertz CT molecular complexity index is 345. The summed E-state index contributed by atoms with van der Waals surface area (Å²) in [7, 11) is 1.88. The lowest BCUT2D eigenvalue weighted by atomic mass is 10.1. The summed E-state index contributed by atoms with van der Waals surface area (Å²) in [6, 6.07) is 1.92. The van der Waals surface area contributed by atoms with E-state index in [2.05, 4.69) is 15.4 Å². The second-order valence-electron chi connectivity index (χ2n) is 4.56. The molecule has 0 saturated heterocycles. The fourth-order valence-electron chi connectivity index (χ4n) is 1.14. The van der Waals surface area contributed by atoms with Crippen molar-refractivity contribution in [2.24, 2.45) is 17.8 Å². The molecular formula is C10H19N5. The first-order valence-corrected chi connectivity index (χ1v) is 4.93. The number of aliphatic imine (C=N–C) groups is 1. The third-order valence-corrected chi connectivity index (χ3v) is 1.68. The molecule has 5 heteroatoms. The maximum absolute atomic E-state index is 5.72. The van der Waals surface area contributed by atoms with Gasteiger partial charge in [-0.15, -0.1) is 0 Å². The van der Waals surface area contributed by atoms with E-state index in [0.29, 0.717) is 12.5 Å². The lowest BCUT2D eigenvalue weighted by molar-refractivity contribution is 0.508. The monoisotopic (exact) mass is 209 g/mol. The first kappa shape index (κ1) is 11.6. The molecular weight excluding hydrogens is 190 g/mol. The van der Waals surface area contributed by atoms with Gasteiger partial charge in [0, 0.05) is 18.8 Å². The second-order valence-corrected chi connectivity index (χ2v) is 4.56. The zero-order chi connectivity index (χ0) is 11.5. The van der Waals surface area contributed by atoms with Crippen LogP contribution in [0.5, 0.6) is 0 Å².